The normalized spacial score (nSPS) is 17.9. The molecule has 2 rings (SSSR count). The van der Waals surface area contributed by atoms with Crippen LogP contribution in [0.15, 0.2) is 47.0 Å². The Balaban J connectivity index is 1.92. The van der Waals surface area contributed by atoms with E-state index in [9.17, 15) is 14.4 Å². The van der Waals surface area contributed by atoms with Gasteiger partial charge in [-0.3, -0.25) is 19.8 Å². The molecule has 1 aromatic carbocycles. The van der Waals surface area contributed by atoms with E-state index in [1.54, 1.807) is 30.4 Å². The SMILES string of the molecule is N=C(N)Nc1cccc(C(=O)NCC(=O)NC2(Br)C=C(Cl)C=C(CCC(=O)O)C2)c1. The number of carboxylic acids is 1. The van der Waals surface area contributed by atoms with Crippen LogP contribution in [-0.4, -0.2) is 39.8 Å². The molecule has 0 saturated carbocycles. The zero-order valence-corrected chi connectivity index (χ0v) is 18.1. The molecule has 1 unspecified atom stereocenters. The van der Waals surface area contributed by atoms with Crippen LogP contribution in [0.1, 0.15) is 29.6 Å². The van der Waals surface area contributed by atoms with Gasteiger partial charge in [-0.15, -0.1) is 0 Å². The summed E-state index contributed by atoms with van der Waals surface area (Å²) in [6, 6.07) is 6.33. The van der Waals surface area contributed by atoms with Gasteiger partial charge in [0.2, 0.25) is 5.91 Å². The molecule has 0 heterocycles. The number of nitrogens with two attached hydrogens (primary N) is 1. The molecule has 1 aromatic rings. The predicted molar refractivity (Wildman–Crippen MR) is 118 cm³/mol. The number of allylic oxidation sites excluding steroid dienone is 2. The number of carboxylic acid groups (broad SMARTS) is 1. The van der Waals surface area contributed by atoms with Crippen molar-refractivity contribution in [3.05, 3.63) is 52.6 Å². The van der Waals surface area contributed by atoms with Crippen molar-refractivity contribution in [1.29, 1.82) is 5.41 Å². The Morgan fingerprint density at radius 3 is 2.73 bits per heavy atom. The van der Waals surface area contributed by atoms with Crippen molar-refractivity contribution in [2.45, 2.75) is 23.7 Å². The number of carbonyl (C=O) groups is 3. The third-order valence-electron chi connectivity index (χ3n) is 4.01. The molecule has 0 fully saturated rings. The van der Waals surface area contributed by atoms with Gasteiger partial charge < -0.3 is 26.8 Å². The highest BCUT2D eigenvalue weighted by atomic mass is 79.9. The van der Waals surface area contributed by atoms with Gasteiger partial charge in [0, 0.05) is 29.1 Å². The summed E-state index contributed by atoms with van der Waals surface area (Å²) in [5.41, 5.74) is 6.82. The molecule has 7 N–H and O–H groups in total. The molecular weight excluding hydrogens is 478 g/mol. The number of hydrogen-bond acceptors (Lipinski definition) is 4. The molecule has 2 amide bonds. The molecule has 0 saturated heterocycles. The highest BCUT2D eigenvalue weighted by Crippen LogP contribution is 2.34. The monoisotopic (exact) mass is 497 g/mol. The van der Waals surface area contributed by atoms with Gasteiger partial charge in [0.05, 0.1) is 6.54 Å². The van der Waals surface area contributed by atoms with Gasteiger partial charge in [0.1, 0.15) is 4.45 Å². The van der Waals surface area contributed by atoms with E-state index in [4.69, 9.17) is 27.9 Å². The highest BCUT2D eigenvalue weighted by Gasteiger charge is 2.30. The van der Waals surface area contributed by atoms with Crippen LogP contribution in [0.4, 0.5) is 5.69 Å². The molecule has 0 aliphatic heterocycles. The van der Waals surface area contributed by atoms with Crippen LogP contribution in [-0.2, 0) is 9.59 Å². The van der Waals surface area contributed by atoms with E-state index in [0.717, 1.165) is 5.57 Å². The fourth-order valence-corrected chi connectivity index (χ4v) is 4.13. The summed E-state index contributed by atoms with van der Waals surface area (Å²) in [4.78, 5) is 35.4. The van der Waals surface area contributed by atoms with Gasteiger partial charge >= 0.3 is 5.97 Å². The lowest BCUT2D eigenvalue weighted by atomic mass is 9.96. The van der Waals surface area contributed by atoms with Crippen molar-refractivity contribution >= 4 is 57.0 Å². The Bertz CT molecular complexity index is 933. The lowest BCUT2D eigenvalue weighted by Crippen LogP contribution is -2.47. The van der Waals surface area contributed by atoms with Crippen LogP contribution >= 0.6 is 27.5 Å². The molecule has 1 aliphatic rings. The molecule has 1 atom stereocenters. The van der Waals surface area contributed by atoms with E-state index >= 15 is 0 Å². The van der Waals surface area contributed by atoms with Crippen molar-refractivity contribution in [2.24, 2.45) is 5.73 Å². The summed E-state index contributed by atoms with van der Waals surface area (Å²) < 4.78 is -0.972. The first-order valence-corrected chi connectivity index (χ1v) is 10.0. The van der Waals surface area contributed by atoms with Crippen molar-refractivity contribution in [3.8, 4) is 0 Å². The number of hydrogen-bond donors (Lipinski definition) is 6. The van der Waals surface area contributed by atoms with Gasteiger partial charge in [0.25, 0.3) is 5.91 Å². The quantitative estimate of drug-likeness (QED) is 0.140. The minimum atomic E-state index is -0.972. The third kappa shape index (κ3) is 7.53. The van der Waals surface area contributed by atoms with E-state index in [-0.39, 0.29) is 18.9 Å². The summed E-state index contributed by atoms with van der Waals surface area (Å²) in [6.45, 7) is -0.282. The number of aliphatic carboxylic acids is 1. The Morgan fingerprint density at radius 1 is 1.33 bits per heavy atom. The maximum Gasteiger partial charge on any atom is 0.303 e. The van der Waals surface area contributed by atoms with Gasteiger partial charge in [-0.05, 0) is 36.8 Å². The van der Waals surface area contributed by atoms with Gasteiger partial charge in [-0.1, -0.05) is 39.2 Å². The second-order valence-electron chi connectivity index (χ2n) is 6.62. The molecule has 30 heavy (non-hydrogen) atoms. The number of nitrogens with one attached hydrogen (secondary N) is 4. The molecule has 160 valence electrons. The second kappa shape index (κ2) is 10.3. The van der Waals surface area contributed by atoms with E-state index < -0.39 is 22.2 Å². The lowest BCUT2D eigenvalue weighted by molar-refractivity contribution is -0.137. The molecule has 0 aromatic heterocycles. The minimum absolute atomic E-state index is 0.0410. The third-order valence-corrected chi connectivity index (χ3v) is 4.94. The molecule has 1 aliphatic carbocycles. The predicted octanol–water partition coefficient (Wildman–Crippen LogP) is 2.25. The Morgan fingerprint density at radius 2 is 2.07 bits per heavy atom. The summed E-state index contributed by atoms with van der Waals surface area (Å²) in [7, 11) is 0. The van der Waals surface area contributed by atoms with Crippen LogP contribution in [0.25, 0.3) is 0 Å². The number of alkyl halides is 1. The largest absolute Gasteiger partial charge is 0.481 e. The summed E-state index contributed by atoms with van der Waals surface area (Å²) in [5.74, 6) is -2.11. The highest BCUT2D eigenvalue weighted by molar-refractivity contribution is 9.10. The second-order valence-corrected chi connectivity index (χ2v) is 8.47. The van der Waals surface area contributed by atoms with Gasteiger partial charge in [-0.2, -0.15) is 0 Å². The smallest absolute Gasteiger partial charge is 0.303 e. The van der Waals surface area contributed by atoms with E-state index in [0.29, 0.717) is 29.1 Å². The topological polar surface area (TPSA) is 157 Å². The molecule has 0 spiro atoms. The average Bonchev–Trinajstić information content (AvgIpc) is 2.63. The number of anilines is 1. The first kappa shape index (κ1) is 23.4. The first-order chi connectivity index (χ1) is 14.1. The number of guanidine groups is 1. The number of carbonyl (C=O) groups excluding carboxylic acids is 2. The number of benzene rings is 1. The molecule has 9 nitrogen and oxygen atoms in total. The number of rotatable bonds is 8. The minimum Gasteiger partial charge on any atom is -0.481 e. The number of halogens is 2. The average molecular weight is 499 g/mol. The maximum absolute atomic E-state index is 12.3. The fourth-order valence-electron chi connectivity index (χ4n) is 2.83. The zero-order chi connectivity index (χ0) is 22.3. The Kier molecular flexibility index (Phi) is 8.01. The first-order valence-electron chi connectivity index (χ1n) is 8.85. The summed E-state index contributed by atoms with van der Waals surface area (Å²) in [5, 5.41) is 24.3. The summed E-state index contributed by atoms with van der Waals surface area (Å²) in [6.07, 6.45) is 3.90. The van der Waals surface area contributed by atoms with Crippen molar-refractivity contribution < 1.29 is 19.5 Å². The van der Waals surface area contributed by atoms with Crippen LogP contribution in [0, 0.1) is 5.41 Å². The Labute approximate surface area is 186 Å². The van der Waals surface area contributed by atoms with Crippen LogP contribution in [0.5, 0.6) is 0 Å². The van der Waals surface area contributed by atoms with Crippen molar-refractivity contribution in [3.63, 3.8) is 0 Å². The van der Waals surface area contributed by atoms with E-state index in [1.807, 2.05) is 0 Å². The fraction of sp³-hybridized carbons (Fsp3) is 0.263. The van der Waals surface area contributed by atoms with Gasteiger partial charge in [0.15, 0.2) is 5.96 Å². The van der Waals surface area contributed by atoms with Crippen molar-refractivity contribution in [1.82, 2.24) is 10.6 Å². The Hall–Kier alpha value is -2.85. The molecule has 0 bridgehead atoms. The standard InChI is InChI=1S/C19H21BrClN5O4/c20-19(8-11(4-5-16(28)29)6-13(21)9-19)26-15(27)10-24-17(30)12-2-1-3-14(7-12)25-18(22)23/h1-3,6-7,9H,4-5,8,10H2,(H,24,30)(H,26,27)(H,28,29)(H4,22,23,25). The summed E-state index contributed by atoms with van der Waals surface area (Å²) >= 11 is 9.54. The molecule has 11 heteroatoms. The molecule has 0 radical (unpaired) electrons. The van der Waals surface area contributed by atoms with E-state index in [2.05, 4.69) is 31.9 Å². The maximum atomic E-state index is 12.3. The van der Waals surface area contributed by atoms with E-state index in [1.165, 1.54) is 6.07 Å². The lowest BCUT2D eigenvalue weighted by Gasteiger charge is -2.30. The number of amides is 2. The van der Waals surface area contributed by atoms with Crippen molar-refractivity contribution in [2.75, 3.05) is 11.9 Å². The molecular formula is C19H21BrClN5O4. The van der Waals surface area contributed by atoms with Crippen LogP contribution in [0.3, 0.4) is 0 Å². The van der Waals surface area contributed by atoms with Crippen LogP contribution in [0.2, 0.25) is 0 Å². The van der Waals surface area contributed by atoms with Crippen LogP contribution < -0.4 is 21.7 Å². The zero-order valence-electron chi connectivity index (χ0n) is 15.8. The van der Waals surface area contributed by atoms with Gasteiger partial charge in [-0.25, -0.2) is 0 Å².